The second-order valence-electron chi connectivity index (χ2n) is 5.04. The zero-order valence-electron chi connectivity index (χ0n) is 12.5. The van der Waals surface area contributed by atoms with Crippen LogP contribution in [0.5, 0.6) is 0 Å². The van der Waals surface area contributed by atoms with E-state index in [2.05, 4.69) is 5.32 Å². The molecule has 3 rings (SSSR count). The van der Waals surface area contributed by atoms with Gasteiger partial charge in [0.1, 0.15) is 5.58 Å². The van der Waals surface area contributed by atoms with Crippen LogP contribution in [0.15, 0.2) is 46.9 Å². The molecule has 0 saturated carbocycles. The van der Waals surface area contributed by atoms with Gasteiger partial charge in [-0.1, -0.05) is 34.8 Å². The van der Waals surface area contributed by atoms with Crippen LogP contribution in [-0.4, -0.2) is 18.5 Å². The van der Waals surface area contributed by atoms with E-state index in [1.54, 1.807) is 30.3 Å². The smallest absolute Gasteiger partial charge is 0.374 e. The molecule has 0 aliphatic heterocycles. The number of fused-ring (bicyclic) bond motifs is 1. The molecule has 2 aromatic carbocycles. The normalized spacial score (nSPS) is 10.7. The van der Waals surface area contributed by atoms with Crippen molar-refractivity contribution in [3.05, 3.63) is 63.3 Å². The maximum atomic E-state index is 12.0. The zero-order chi connectivity index (χ0) is 18.0. The Labute approximate surface area is 157 Å². The highest BCUT2D eigenvalue weighted by Gasteiger charge is 2.16. The second kappa shape index (κ2) is 7.35. The Kier molecular flexibility index (Phi) is 5.18. The molecule has 1 N–H and O–H groups in total. The van der Waals surface area contributed by atoms with Crippen LogP contribution in [0.1, 0.15) is 10.6 Å². The largest absolute Gasteiger partial charge is 0.450 e. The molecular formula is C17H10Cl3NO4. The number of furan rings is 1. The number of rotatable bonds is 4. The summed E-state index contributed by atoms with van der Waals surface area (Å²) >= 11 is 17.7. The van der Waals surface area contributed by atoms with Crippen LogP contribution in [0.2, 0.25) is 15.1 Å². The first-order valence-electron chi connectivity index (χ1n) is 7.03. The quantitative estimate of drug-likeness (QED) is 0.614. The molecule has 1 amide bonds. The molecule has 0 aliphatic rings. The highest BCUT2D eigenvalue weighted by atomic mass is 35.5. The Morgan fingerprint density at radius 3 is 2.52 bits per heavy atom. The van der Waals surface area contributed by atoms with Gasteiger partial charge in [-0.15, -0.1) is 0 Å². The van der Waals surface area contributed by atoms with Gasteiger partial charge < -0.3 is 14.5 Å². The van der Waals surface area contributed by atoms with Crippen LogP contribution >= 0.6 is 34.8 Å². The number of amides is 1. The molecule has 1 heterocycles. The highest BCUT2D eigenvalue weighted by molar-refractivity contribution is 6.35. The lowest BCUT2D eigenvalue weighted by Crippen LogP contribution is -2.20. The van der Waals surface area contributed by atoms with E-state index in [0.717, 1.165) is 0 Å². The van der Waals surface area contributed by atoms with Gasteiger partial charge in [-0.2, -0.15) is 0 Å². The Hall–Kier alpha value is -2.21. The molecule has 0 unspecified atom stereocenters. The van der Waals surface area contributed by atoms with Gasteiger partial charge in [0.2, 0.25) is 5.76 Å². The molecule has 0 spiro atoms. The number of carbonyl (C=O) groups excluding carboxylic acids is 2. The third-order valence-corrected chi connectivity index (χ3v) is 4.02. The third-order valence-electron chi connectivity index (χ3n) is 3.22. The first-order valence-corrected chi connectivity index (χ1v) is 8.17. The SMILES string of the molecule is O=C(COC(=O)c1cc2cc(Cl)ccc2o1)Nc1cc(Cl)ccc1Cl. The first kappa shape index (κ1) is 17.6. The van der Waals surface area contributed by atoms with Crippen LogP contribution in [0.4, 0.5) is 5.69 Å². The van der Waals surface area contributed by atoms with E-state index in [1.807, 2.05) is 0 Å². The predicted octanol–water partition coefficient (Wildman–Crippen LogP) is 5.19. The minimum absolute atomic E-state index is 0.0224. The molecule has 25 heavy (non-hydrogen) atoms. The van der Waals surface area contributed by atoms with Crippen LogP contribution in [0.25, 0.3) is 11.0 Å². The van der Waals surface area contributed by atoms with Crippen LogP contribution in [-0.2, 0) is 9.53 Å². The van der Waals surface area contributed by atoms with E-state index in [0.29, 0.717) is 31.7 Å². The van der Waals surface area contributed by atoms with Crippen LogP contribution in [0, 0.1) is 0 Å². The lowest BCUT2D eigenvalue weighted by Gasteiger charge is -2.07. The van der Waals surface area contributed by atoms with Gasteiger partial charge in [-0.3, -0.25) is 4.79 Å². The fourth-order valence-corrected chi connectivity index (χ4v) is 2.61. The van der Waals surface area contributed by atoms with Crippen molar-refractivity contribution in [1.82, 2.24) is 0 Å². The summed E-state index contributed by atoms with van der Waals surface area (Å²) in [6.45, 7) is -0.501. The van der Waals surface area contributed by atoms with Gasteiger partial charge in [0.15, 0.2) is 6.61 Å². The van der Waals surface area contributed by atoms with Gasteiger partial charge >= 0.3 is 5.97 Å². The van der Waals surface area contributed by atoms with Crippen LogP contribution in [0.3, 0.4) is 0 Å². The predicted molar refractivity (Wildman–Crippen MR) is 96.6 cm³/mol. The molecule has 0 atom stereocenters. The summed E-state index contributed by atoms with van der Waals surface area (Å²) in [5, 5.41) is 4.42. The molecule has 5 nitrogen and oxygen atoms in total. The minimum Gasteiger partial charge on any atom is -0.450 e. The van der Waals surface area contributed by atoms with Crippen molar-refractivity contribution in [2.75, 3.05) is 11.9 Å². The molecule has 0 radical (unpaired) electrons. The summed E-state index contributed by atoms with van der Waals surface area (Å²) in [6, 6.07) is 11.1. The Morgan fingerprint density at radius 2 is 1.72 bits per heavy atom. The van der Waals surface area contributed by atoms with Crippen molar-refractivity contribution < 1.29 is 18.7 Å². The number of hydrogen-bond donors (Lipinski definition) is 1. The first-order chi connectivity index (χ1) is 11.9. The molecule has 0 fully saturated rings. The molecule has 0 saturated heterocycles. The average Bonchev–Trinajstić information content (AvgIpc) is 2.99. The summed E-state index contributed by atoms with van der Waals surface area (Å²) in [5.41, 5.74) is 0.820. The number of anilines is 1. The molecule has 0 bridgehead atoms. The number of benzene rings is 2. The van der Waals surface area contributed by atoms with Gasteiger partial charge in [0.25, 0.3) is 5.91 Å². The summed E-state index contributed by atoms with van der Waals surface area (Å²) in [7, 11) is 0. The van der Waals surface area contributed by atoms with Gasteiger partial charge in [0.05, 0.1) is 10.7 Å². The van der Waals surface area contributed by atoms with Crippen LogP contribution < -0.4 is 5.32 Å². The molecule has 0 aliphatic carbocycles. The summed E-state index contributed by atoms with van der Waals surface area (Å²) in [4.78, 5) is 23.9. The number of carbonyl (C=O) groups is 2. The molecule has 8 heteroatoms. The number of nitrogens with one attached hydrogen (secondary N) is 1. The number of esters is 1. The minimum atomic E-state index is -0.764. The Bertz CT molecular complexity index is 968. The van der Waals surface area contributed by atoms with Gasteiger partial charge in [0, 0.05) is 15.4 Å². The monoisotopic (exact) mass is 397 g/mol. The van der Waals surface area contributed by atoms with Gasteiger partial charge in [-0.05, 0) is 42.5 Å². The fraction of sp³-hybridized carbons (Fsp3) is 0.0588. The van der Waals surface area contributed by atoms with E-state index in [1.165, 1.54) is 12.1 Å². The van der Waals surface area contributed by atoms with E-state index in [9.17, 15) is 9.59 Å². The lowest BCUT2D eigenvalue weighted by molar-refractivity contribution is -0.119. The van der Waals surface area contributed by atoms with Gasteiger partial charge in [-0.25, -0.2) is 4.79 Å². The van der Waals surface area contributed by atoms with Crippen molar-refractivity contribution >= 4 is 63.3 Å². The maximum absolute atomic E-state index is 12.0. The van der Waals surface area contributed by atoms with Crippen molar-refractivity contribution in [2.24, 2.45) is 0 Å². The average molecular weight is 399 g/mol. The molecule has 128 valence electrons. The lowest BCUT2D eigenvalue weighted by atomic mass is 10.2. The Balaban J connectivity index is 1.62. The number of halogens is 3. The third kappa shape index (κ3) is 4.25. The topological polar surface area (TPSA) is 68.5 Å². The standard InChI is InChI=1S/C17H10Cl3NO4/c18-10-2-4-14-9(5-10)6-15(25-14)17(23)24-8-16(22)21-13-7-11(19)1-3-12(13)20/h1-7H,8H2,(H,21,22). The molecule has 3 aromatic rings. The van der Waals surface area contributed by atoms with E-state index in [4.69, 9.17) is 44.0 Å². The number of ether oxygens (including phenoxy) is 1. The highest BCUT2D eigenvalue weighted by Crippen LogP contribution is 2.26. The molecule has 1 aromatic heterocycles. The summed E-state index contributed by atoms with van der Waals surface area (Å²) in [5.74, 6) is -1.35. The van der Waals surface area contributed by atoms with E-state index >= 15 is 0 Å². The van der Waals surface area contributed by atoms with Crippen molar-refractivity contribution in [1.29, 1.82) is 0 Å². The second-order valence-corrected chi connectivity index (χ2v) is 6.32. The van der Waals surface area contributed by atoms with Crippen molar-refractivity contribution in [3.63, 3.8) is 0 Å². The zero-order valence-corrected chi connectivity index (χ0v) is 14.8. The van der Waals surface area contributed by atoms with Crippen molar-refractivity contribution in [2.45, 2.75) is 0 Å². The molecular weight excluding hydrogens is 389 g/mol. The fourth-order valence-electron chi connectivity index (χ4n) is 2.10. The summed E-state index contributed by atoms with van der Waals surface area (Å²) < 4.78 is 10.3. The van der Waals surface area contributed by atoms with E-state index < -0.39 is 18.5 Å². The maximum Gasteiger partial charge on any atom is 0.374 e. The van der Waals surface area contributed by atoms with E-state index in [-0.39, 0.29) is 5.76 Å². The Morgan fingerprint density at radius 1 is 1.00 bits per heavy atom. The summed E-state index contributed by atoms with van der Waals surface area (Å²) in [6.07, 6.45) is 0. The number of hydrogen-bond acceptors (Lipinski definition) is 4. The van der Waals surface area contributed by atoms with Crippen molar-refractivity contribution in [3.8, 4) is 0 Å².